The highest BCUT2D eigenvalue weighted by Gasteiger charge is 2.24. The van der Waals surface area contributed by atoms with E-state index in [1.165, 1.54) is 0 Å². The van der Waals surface area contributed by atoms with E-state index >= 15 is 0 Å². The van der Waals surface area contributed by atoms with Crippen LogP contribution in [0.15, 0.2) is 22.6 Å². The number of amides is 2. The van der Waals surface area contributed by atoms with E-state index in [1.54, 1.807) is 19.1 Å². The van der Waals surface area contributed by atoms with Crippen molar-refractivity contribution >= 4 is 22.9 Å². The normalized spacial score (nSPS) is 15.8. The highest BCUT2D eigenvalue weighted by molar-refractivity contribution is 5.97. The Labute approximate surface area is 141 Å². The van der Waals surface area contributed by atoms with Gasteiger partial charge in [-0.1, -0.05) is 13.8 Å². The lowest BCUT2D eigenvalue weighted by Crippen LogP contribution is -2.38. The van der Waals surface area contributed by atoms with Gasteiger partial charge in [0.1, 0.15) is 5.52 Å². The first-order valence-electron chi connectivity index (χ1n) is 8.41. The van der Waals surface area contributed by atoms with Gasteiger partial charge in [-0.3, -0.25) is 9.59 Å². The van der Waals surface area contributed by atoms with Crippen LogP contribution in [0, 0.1) is 12.8 Å². The molecule has 0 saturated carbocycles. The molecule has 1 aliphatic rings. The van der Waals surface area contributed by atoms with Crippen molar-refractivity contribution in [1.82, 2.24) is 14.8 Å². The van der Waals surface area contributed by atoms with E-state index in [0.717, 1.165) is 11.9 Å². The minimum atomic E-state index is -0.0233. The molecule has 128 valence electrons. The fourth-order valence-electron chi connectivity index (χ4n) is 3.06. The lowest BCUT2D eigenvalue weighted by Gasteiger charge is -2.23. The highest BCUT2D eigenvalue weighted by Crippen LogP contribution is 2.19. The average molecular weight is 329 g/mol. The number of rotatable bonds is 2. The van der Waals surface area contributed by atoms with Gasteiger partial charge in [-0.15, -0.1) is 0 Å². The molecule has 1 aromatic heterocycles. The van der Waals surface area contributed by atoms with Gasteiger partial charge >= 0.3 is 0 Å². The fourth-order valence-corrected chi connectivity index (χ4v) is 3.06. The summed E-state index contributed by atoms with van der Waals surface area (Å²) >= 11 is 0. The molecule has 2 amide bonds. The van der Waals surface area contributed by atoms with E-state index in [1.807, 2.05) is 29.7 Å². The van der Waals surface area contributed by atoms with Crippen LogP contribution < -0.4 is 0 Å². The molecule has 0 N–H and O–H groups in total. The zero-order valence-electron chi connectivity index (χ0n) is 14.4. The minimum absolute atomic E-state index is 0.00986. The first-order chi connectivity index (χ1) is 11.5. The lowest BCUT2D eigenvalue weighted by molar-refractivity contribution is -0.134. The molecule has 3 rings (SSSR count). The van der Waals surface area contributed by atoms with Crippen LogP contribution in [0.5, 0.6) is 0 Å². The molecule has 1 saturated heterocycles. The third kappa shape index (κ3) is 3.27. The van der Waals surface area contributed by atoms with Crippen LogP contribution in [0.3, 0.4) is 0 Å². The first kappa shape index (κ1) is 16.5. The van der Waals surface area contributed by atoms with Gasteiger partial charge in [-0.2, -0.15) is 0 Å². The quantitative estimate of drug-likeness (QED) is 0.849. The minimum Gasteiger partial charge on any atom is -0.441 e. The predicted molar refractivity (Wildman–Crippen MR) is 90.7 cm³/mol. The number of benzene rings is 1. The van der Waals surface area contributed by atoms with Crippen molar-refractivity contribution in [2.75, 3.05) is 26.2 Å². The predicted octanol–water partition coefficient (Wildman–Crippen LogP) is 2.47. The molecular weight excluding hydrogens is 306 g/mol. The maximum Gasteiger partial charge on any atom is 0.254 e. The maximum atomic E-state index is 12.8. The van der Waals surface area contributed by atoms with Gasteiger partial charge < -0.3 is 14.2 Å². The Morgan fingerprint density at radius 1 is 1.12 bits per heavy atom. The number of carbonyl (C=O) groups is 2. The molecule has 24 heavy (non-hydrogen) atoms. The number of hydrogen-bond donors (Lipinski definition) is 0. The van der Waals surface area contributed by atoms with Crippen LogP contribution in [-0.2, 0) is 4.79 Å². The van der Waals surface area contributed by atoms with Crippen LogP contribution in [0.2, 0.25) is 0 Å². The van der Waals surface area contributed by atoms with Crippen molar-refractivity contribution in [3.05, 3.63) is 29.7 Å². The van der Waals surface area contributed by atoms with Crippen LogP contribution in [0.25, 0.3) is 11.1 Å². The smallest absolute Gasteiger partial charge is 0.254 e. The molecule has 1 fully saturated rings. The summed E-state index contributed by atoms with van der Waals surface area (Å²) in [5, 5.41) is 0. The topological polar surface area (TPSA) is 66.7 Å². The van der Waals surface area contributed by atoms with E-state index in [2.05, 4.69) is 4.98 Å². The van der Waals surface area contributed by atoms with E-state index in [0.29, 0.717) is 43.2 Å². The van der Waals surface area contributed by atoms with Gasteiger partial charge in [0, 0.05) is 44.6 Å². The zero-order chi connectivity index (χ0) is 17.3. The third-order valence-electron chi connectivity index (χ3n) is 4.33. The first-order valence-corrected chi connectivity index (χ1v) is 8.41. The molecular formula is C18H23N3O3. The number of oxazole rings is 1. The lowest BCUT2D eigenvalue weighted by atomic mass is 10.1. The summed E-state index contributed by atoms with van der Waals surface area (Å²) in [4.78, 5) is 32.9. The summed E-state index contributed by atoms with van der Waals surface area (Å²) < 4.78 is 5.51. The second kappa shape index (κ2) is 6.63. The van der Waals surface area contributed by atoms with Crippen molar-refractivity contribution in [2.24, 2.45) is 5.92 Å². The maximum absolute atomic E-state index is 12.8. The van der Waals surface area contributed by atoms with Crippen LogP contribution in [0.1, 0.15) is 36.5 Å². The van der Waals surface area contributed by atoms with Crippen molar-refractivity contribution in [3.63, 3.8) is 0 Å². The molecule has 0 bridgehead atoms. The molecule has 6 heteroatoms. The Bertz CT molecular complexity index is 766. The van der Waals surface area contributed by atoms with Gasteiger partial charge in [0.2, 0.25) is 5.91 Å². The highest BCUT2D eigenvalue weighted by atomic mass is 16.3. The summed E-state index contributed by atoms with van der Waals surface area (Å²) in [7, 11) is 0. The van der Waals surface area contributed by atoms with Crippen molar-refractivity contribution in [3.8, 4) is 0 Å². The van der Waals surface area contributed by atoms with Gasteiger partial charge in [0.05, 0.1) is 0 Å². The molecule has 1 aliphatic heterocycles. The van der Waals surface area contributed by atoms with Crippen molar-refractivity contribution < 1.29 is 14.0 Å². The number of aryl methyl sites for hydroxylation is 1. The summed E-state index contributed by atoms with van der Waals surface area (Å²) in [5.41, 5.74) is 1.99. The van der Waals surface area contributed by atoms with Gasteiger partial charge in [-0.05, 0) is 24.6 Å². The molecule has 0 spiro atoms. The summed E-state index contributed by atoms with van der Waals surface area (Å²) in [6, 6.07) is 5.35. The largest absolute Gasteiger partial charge is 0.441 e. The summed E-state index contributed by atoms with van der Waals surface area (Å²) in [6.07, 6.45) is 0.799. The van der Waals surface area contributed by atoms with Gasteiger partial charge in [0.15, 0.2) is 11.5 Å². The SMILES string of the molecule is Cc1nc2ccc(C(=O)N3CCCN(C(=O)C(C)C)CC3)cc2o1. The zero-order valence-corrected chi connectivity index (χ0v) is 14.4. The van der Waals surface area contributed by atoms with E-state index in [9.17, 15) is 9.59 Å². The van der Waals surface area contributed by atoms with Crippen molar-refractivity contribution in [1.29, 1.82) is 0 Å². The number of fused-ring (bicyclic) bond motifs is 1. The van der Waals surface area contributed by atoms with E-state index in [4.69, 9.17) is 4.42 Å². The summed E-state index contributed by atoms with van der Waals surface area (Å²) in [5.74, 6) is 0.712. The molecule has 0 aliphatic carbocycles. The van der Waals surface area contributed by atoms with Crippen LogP contribution in [0.4, 0.5) is 0 Å². The number of aromatic nitrogens is 1. The average Bonchev–Trinajstić information content (AvgIpc) is 2.77. The molecule has 0 unspecified atom stereocenters. The molecule has 0 radical (unpaired) electrons. The Hall–Kier alpha value is -2.37. The Morgan fingerprint density at radius 3 is 2.58 bits per heavy atom. The molecule has 2 heterocycles. The van der Waals surface area contributed by atoms with E-state index in [-0.39, 0.29) is 17.7 Å². The van der Waals surface area contributed by atoms with Gasteiger partial charge in [-0.25, -0.2) is 4.98 Å². The van der Waals surface area contributed by atoms with Crippen LogP contribution in [-0.4, -0.2) is 52.8 Å². The standard InChI is InChI=1S/C18H23N3O3/c1-12(2)17(22)20-7-4-8-21(10-9-20)18(23)14-5-6-15-16(11-14)24-13(3)19-15/h5-6,11-12H,4,7-10H2,1-3H3. The Kier molecular flexibility index (Phi) is 4.55. The monoisotopic (exact) mass is 329 g/mol. The summed E-state index contributed by atoms with van der Waals surface area (Å²) in [6.45, 7) is 8.12. The van der Waals surface area contributed by atoms with Gasteiger partial charge in [0.25, 0.3) is 5.91 Å². The van der Waals surface area contributed by atoms with E-state index < -0.39 is 0 Å². The molecule has 0 atom stereocenters. The Morgan fingerprint density at radius 2 is 1.83 bits per heavy atom. The van der Waals surface area contributed by atoms with Crippen molar-refractivity contribution in [2.45, 2.75) is 27.2 Å². The molecule has 2 aromatic rings. The Balaban J connectivity index is 1.73. The number of nitrogens with zero attached hydrogens (tertiary/aromatic N) is 3. The van der Waals surface area contributed by atoms with Crippen LogP contribution >= 0.6 is 0 Å². The molecule has 1 aromatic carbocycles. The molecule has 6 nitrogen and oxygen atoms in total. The number of carbonyl (C=O) groups excluding carboxylic acids is 2. The second-order valence-electron chi connectivity index (χ2n) is 6.54. The third-order valence-corrected chi connectivity index (χ3v) is 4.33. The second-order valence-corrected chi connectivity index (χ2v) is 6.54. The fraction of sp³-hybridized carbons (Fsp3) is 0.500. The number of hydrogen-bond acceptors (Lipinski definition) is 4.